The predicted octanol–water partition coefficient (Wildman–Crippen LogP) is 2.86. The average molecular weight is 405 g/mol. The Bertz CT molecular complexity index is 979. The number of hydrogen-bond donors (Lipinski definition) is 2. The highest BCUT2D eigenvalue weighted by Crippen LogP contribution is 2.69. The number of nitrogens with one attached hydrogen (secondary N) is 2. The summed E-state index contributed by atoms with van der Waals surface area (Å²) in [5, 5.41) is 2.95. The van der Waals surface area contributed by atoms with Crippen molar-refractivity contribution < 1.29 is 18.7 Å². The van der Waals surface area contributed by atoms with Crippen LogP contribution in [0.4, 0.5) is 4.39 Å². The van der Waals surface area contributed by atoms with E-state index in [1.54, 1.807) is 0 Å². The number of halogens is 2. The first kappa shape index (κ1) is 18.7. The molecule has 3 saturated carbocycles. The Morgan fingerprint density at radius 3 is 2.61 bits per heavy atom. The monoisotopic (exact) mass is 404 g/mol. The lowest BCUT2D eigenvalue weighted by Crippen LogP contribution is -2.75. The van der Waals surface area contributed by atoms with E-state index in [0.717, 1.165) is 25.3 Å². The molecule has 3 fully saturated rings. The van der Waals surface area contributed by atoms with Gasteiger partial charge in [-0.05, 0) is 42.9 Å². The fourth-order valence-electron chi connectivity index (χ4n) is 4.39. The summed E-state index contributed by atoms with van der Waals surface area (Å²) in [5.41, 5.74) is -0.0873. The molecule has 1 aromatic heterocycles. The number of carbonyl (C=O) groups excluding carboxylic acids is 2. The Hall–Kier alpha value is -2.67. The van der Waals surface area contributed by atoms with E-state index < -0.39 is 5.82 Å². The van der Waals surface area contributed by atoms with Crippen molar-refractivity contribution in [2.24, 2.45) is 5.41 Å². The molecule has 2 N–H and O–H groups in total. The summed E-state index contributed by atoms with van der Waals surface area (Å²) in [4.78, 5) is 38.1. The zero-order valence-electron chi connectivity index (χ0n) is 14.9. The number of pyridine rings is 1. The Morgan fingerprint density at radius 1 is 1.21 bits per heavy atom. The highest BCUT2D eigenvalue weighted by Gasteiger charge is 2.68. The van der Waals surface area contributed by atoms with Crippen LogP contribution in [0.5, 0.6) is 5.75 Å². The fraction of sp³-hybridized carbons (Fsp3) is 0.350. The molecule has 0 spiro atoms. The second-order valence-electron chi connectivity index (χ2n) is 7.76. The van der Waals surface area contributed by atoms with E-state index in [1.807, 2.05) is 0 Å². The molecular weight excluding hydrogens is 387 g/mol. The number of carbonyl (C=O) groups is 2. The predicted molar refractivity (Wildman–Crippen MR) is 100 cm³/mol. The summed E-state index contributed by atoms with van der Waals surface area (Å²) in [6.07, 6.45) is 4.07. The molecule has 1 aromatic carbocycles. The molecule has 0 radical (unpaired) electrons. The molecule has 0 unspecified atom stereocenters. The molecule has 1 amide bonds. The van der Waals surface area contributed by atoms with Gasteiger partial charge in [0, 0.05) is 35.9 Å². The Labute approximate surface area is 165 Å². The maximum absolute atomic E-state index is 13.4. The molecular formula is C20H18ClFN2O4. The maximum Gasteiger partial charge on any atom is 0.258 e. The minimum absolute atomic E-state index is 0.00706. The molecule has 2 bridgehead atoms. The van der Waals surface area contributed by atoms with Crippen LogP contribution in [0.2, 0.25) is 5.02 Å². The number of H-pyrrole nitrogens is 1. The normalized spacial score (nSPS) is 24.6. The number of ketones is 1. The molecule has 0 aliphatic heterocycles. The van der Waals surface area contributed by atoms with Gasteiger partial charge in [0.25, 0.3) is 5.91 Å². The molecule has 8 heteroatoms. The summed E-state index contributed by atoms with van der Waals surface area (Å²) in [6, 6.07) is 6.87. The van der Waals surface area contributed by atoms with Gasteiger partial charge in [-0.25, -0.2) is 4.39 Å². The second-order valence-corrected chi connectivity index (χ2v) is 8.17. The van der Waals surface area contributed by atoms with Crippen molar-refractivity contribution in [3.05, 3.63) is 63.3 Å². The molecule has 28 heavy (non-hydrogen) atoms. The average Bonchev–Trinajstić information content (AvgIpc) is 2.60. The first-order valence-electron chi connectivity index (χ1n) is 8.89. The van der Waals surface area contributed by atoms with Gasteiger partial charge < -0.3 is 15.0 Å². The third-order valence-corrected chi connectivity index (χ3v) is 5.75. The largest absolute Gasteiger partial charge is 0.484 e. The van der Waals surface area contributed by atoms with Crippen molar-refractivity contribution in [3.63, 3.8) is 0 Å². The van der Waals surface area contributed by atoms with Crippen LogP contribution in [-0.2, 0) is 4.79 Å². The number of rotatable bonds is 7. The van der Waals surface area contributed by atoms with Crippen molar-refractivity contribution >= 4 is 23.3 Å². The lowest BCUT2D eigenvalue weighted by atomic mass is 9.38. The van der Waals surface area contributed by atoms with Crippen LogP contribution in [-0.4, -0.2) is 28.8 Å². The second kappa shape index (κ2) is 6.74. The highest BCUT2D eigenvalue weighted by atomic mass is 35.5. The van der Waals surface area contributed by atoms with Gasteiger partial charge in [-0.15, -0.1) is 0 Å². The van der Waals surface area contributed by atoms with Gasteiger partial charge in [-0.1, -0.05) is 11.6 Å². The smallest absolute Gasteiger partial charge is 0.258 e. The summed E-state index contributed by atoms with van der Waals surface area (Å²) in [7, 11) is 0. The van der Waals surface area contributed by atoms with E-state index in [0.29, 0.717) is 12.0 Å². The molecule has 3 aliphatic carbocycles. The van der Waals surface area contributed by atoms with Gasteiger partial charge in [0.1, 0.15) is 11.6 Å². The first-order chi connectivity index (χ1) is 13.3. The summed E-state index contributed by atoms with van der Waals surface area (Å²) >= 11 is 5.61. The molecule has 146 valence electrons. The quantitative estimate of drug-likeness (QED) is 0.694. The van der Waals surface area contributed by atoms with Gasteiger partial charge in [0.15, 0.2) is 12.4 Å². The van der Waals surface area contributed by atoms with Gasteiger partial charge in [0.05, 0.1) is 5.02 Å². The van der Waals surface area contributed by atoms with E-state index in [1.165, 1.54) is 30.5 Å². The zero-order valence-corrected chi connectivity index (χ0v) is 15.6. The van der Waals surface area contributed by atoms with Gasteiger partial charge in [-0.3, -0.25) is 14.4 Å². The highest BCUT2D eigenvalue weighted by molar-refractivity contribution is 6.30. The molecule has 3 aliphatic rings. The maximum atomic E-state index is 13.4. The van der Waals surface area contributed by atoms with Crippen LogP contribution >= 0.6 is 11.6 Å². The van der Waals surface area contributed by atoms with Gasteiger partial charge in [-0.2, -0.15) is 0 Å². The lowest BCUT2D eigenvalue weighted by molar-refractivity contribution is -0.164. The number of aromatic amines is 1. The number of benzene rings is 1. The van der Waals surface area contributed by atoms with Crippen LogP contribution in [0, 0.1) is 11.2 Å². The third kappa shape index (κ3) is 3.54. The Balaban J connectivity index is 1.24. The lowest BCUT2D eigenvalue weighted by Gasteiger charge is -2.70. The third-order valence-electron chi connectivity index (χ3n) is 5.45. The van der Waals surface area contributed by atoms with Crippen LogP contribution in [0.15, 0.2) is 41.3 Å². The first-order valence-corrected chi connectivity index (χ1v) is 9.27. The van der Waals surface area contributed by atoms with Crippen LogP contribution < -0.4 is 15.6 Å². The molecule has 6 nitrogen and oxygen atoms in total. The number of aromatic nitrogens is 1. The van der Waals surface area contributed by atoms with Crippen LogP contribution in [0.1, 0.15) is 36.0 Å². The van der Waals surface area contributed by atoms with Crippen molar-refractivity contribution in [1.82, 2.24) is 10.3 Å². The molecule has 2 aromatic rings. The van der Waals surface area contributed by atoms with E-state index in [4.69, 9.17) is 16.3 Å². The van der Waals surface area contributed by atoms with Crippen molar-refractivity contribution in [3.8, 4) is 5.75 Å². The number of hydrogen-bond acceptors (Lipinski definition) is 4. The van der Waals surface area contributed by atoms with Crippen LogP contribution in [0.3, 0.4) is 0 Å². The van der Waals surface area contributed by atoms with Crippen LogP contribution in [0.25, 0.3) is 0 Å². The minimum Gasteiger partial charge on any atom is -0.484 e. The number of Topliss-reactive ketones (excluding diaryl/α,β-unsaturated/α-hetero) is 1. The number of ether oxygens (including phenoxy) is 1. The van der Waals surface area contributed by atoms with Crippen molar-refractivity contribution in [2.45, 2.75) is 31.2 Å². The summed E-state index contributed by atoms with van der Waals surface area (Å²) < 4.78 is 18.7. The van der Waals surface area contributed by atoms with E-state index in [-0.39, 0.29) is 45.6 Å². The van der Waals surface area contributed by atoms with Crippen molar-refractivity contribution in [2.75, 3.05) is 6.61 Å². The zero-order chi connectivity index (χ0) is 19.9. The standard InChI is InChI=1S/C20H18ClFN2O4/c21-14-3-2-13(5-15(14)22)28-8-18(27)24-20-9-19(10-20,11-20)6-16(25)12-1-4-17(26)23-7-12/h1-5,7H,6,8-11H2,(H,23,26)(H,24,27). The van der Waals surface area contributed by atoms with Gasteiger partial charge in [0.2, 0.25) is 5.56 Å². The topological polar surface area (TPSA) is 88.3 Å². The summed E-state index contributed by atoms with van der Waals surface area (Å²) in [6.45, 7) is -0.216. The molecule has 5 rings (SSSR count). The fourth-order valence-corrected chi connectivity index (χ4v) is 4.51. The van der Waals surface area contributed by atoms with Gasteiger partial charge >= 0.3 is 0 Å². The van der Waals surface area contributed by atoms with E-state index >= 15 is 0 Å². The molecule has 0 atom stereocenters. The van der Waals surface area contributed by atoms with Crippen molar-refractivity contribution in [1.29, 1.82) is 0 Å². The summed E-state index contributed by atoms with van der Waals surface area (Å²) in [5.74, 6) is -0.662. The SMILES string of the molecule is O=C(COc1ccc(Cl)c(F)c1)NC12CC(CC(=O)c3ccc(=O)[nH]c3)(C1)C2. The molecule has 0 saturated heterocycles. The Kier molecular flexibility index (Phi) is 4.50. The Morgan fingerprint density at radius 2 is 1.96 bits per heavy atom. The van der Waals surface area contributed by atoms with E-state index in [2.05, 4.69) is 10.3 Å². The minimum atomic E-state index is -0.604. The van der Waals surface area contributed by atoms with E-state index in [9.17, 15) is 18.8 Å². The number of amides is 1. The molecule has 1 heterocycles.